The van der Waals surface area contributed by atoms with Gasteiger partial charge in [-0.25, -0.2) is 9.78 Å². The molecule has 5 rings (SSSR count). The second-order valence-corrected chi connectivity index (χ2v) is 9.73. The zero-order valence-corrected chi connectivity index (χ0v) is 21.1. The molecule has 5 aromatic rings. The molecule has 2 aromatic carbocycles. The van der Waals surface area contributed by atoms with Crippen molar-refractivity contribution < 1.29 is 9.21 Å². The van der Waals surface area contributed by atoms with Crippen molar-refractivity contribution in [2.45, 2.75) is 26.8 Å². The minimum atomic E-state index is -0.155. The lowest BCUT2D eigenvalue weighted by atomic mass is 10.1. The molecule has 0 atom stereocenters. The van der Waals surface area contributed by atoms with Gasteiger partial charge < -0.3 is 14.6 Å². The molecule has 8 heteroatoms. The number of amides is 2. The third-order valence-electron chi connectivity index (χ3n) is 5.99. The van der Waals surface area contributed by atoms with E-state index in [9.17, 15) is 4.79 Å². The maximum absolute atomic E-state index is 13.3. The first-order chi connectivity index (χ1) is 17.0. The number of anilines is 1. The Labute approximate surface area is 212 Å². The molecule has 0 aliphatic carbocycles. The van der Waals surface area contributed by atoms with Crippen LogP contribution in [0.4, 0.5) is 10.5 Å². The van der Waals surface area contributed by atoms with Crippen molar-refractivity contribution in [3.63, 3.8) is 0 Å². The third-order valence-corrected chi connectivity index (χ3v) is 7.13. The second-order valence-electron chi connectivity index (χ2n) is 8.46. The summed E-state index contributed by atoms with van der Waals surface area (Å²) in [6, 6.07) is 17.2. The van der Waals surface area contributed by atoms with Gasteiger partial charge in [-0.15, -0.1) is 11.3 Å². The van der Waals surface area contributed by atoms with E-state index in [1.54, 1.807) is 22.5 Å². The Kier molecular flexibility index (Phi) is 6.61. The van der Waals surface area contributed by atoms with Crippen molar-refractivity contribution in [1.82, 2.24) is 14.3 Å². The summed E-state index contributed by atoms with van der Waals surface area (Å²) in [6.07, 6.45) is 4.35. The van der Waals surface area contributed by atoms with Crippen LogP contribution in [0.15, 0.2) is 76.9 Å². The van der Waals surface area contributed by atoms with Crippen LogP contribution in [0.2, 0.25) is 5.02 Å². The topological polar surface area (TPSA) is 62.8 Å². The van der Waals surface area contributed by atoms with Crippen molar-refractivity contribution in [3.8, 4) is 11.3 Å². The van der Waals surface area contributed by atoms with E-state index in [1.165, 1.54) is 0 Å². The van der Waals surface area contributed by atoms with Gasteiger partial charge in [0, 0.05) is 46.5 Å². The van der Waals surface area contributed by atoms with E-state index < -0.39 is 0 Å². The summed E-state index contributed by atoms with van der Waals surface area (Å²) in [4.78, 5) is 20.8. The smallest absolute Gasteiger partial charge is 0.322 e. The highest BCUT2D eigenvalue weighted by Crippen LogP contribution is 2.26. The van der Waals surface area contributed by atoms with Crippen LogP contribution in [0, 0.1) is 13.8 Å². The number of carbonyl (C=O) groups is 1. The molecule has 3 heterocycles. The number of nitrogens with zero attached hydrogens (tertiary/aromatic N) is 3. The summed E-state index contributed by atoms with van der Waals surface area (Å²) in [5.41, 5.74) is 5.93. The molecule has 0 fully saturated rings. The van der Waals surface area contributed by atoms with E-state index >= 15 is 0 Å². The Bertz CT molecular complexity index is 1430. The molecular weight excluding hydrogens is 480 g/mol. The molecule has 0 radical (unpaired) electrons. The number of benzene rings is 2. The lowest BCUT2D eigenvalue weighted by molar-refractivity contribution is 0.204. The standard InChI is InChI=1S/C27H25ClN4O2S/c1-18-5-3-6-19(2)25(18)30-26(33)31(15-23-7-4-14-34-23)13-12-22-17-35-27-29-24(16-32(22)27)20-8-10-21(28)11-9-20/h3-11,14,16-17H,12-13,15H2,1-2H3,(H,30,33). The molecule has 35 heavy (non-hydrogen) atoms. The Morgan fingerprint density at radius 3 is 2.60 bits per heavy atom. The molecule has 6 nitrogen and oxygen atoms in total. The number of rotatable bonds is 7. The van der Waals surface area contributed by atoms with Crippen molar-refractivity contribution in [2.24, 2.45) is 0 Å². The fourth-order valence-corrected chi connectivity index (χ4v) is 5.09. The number of carbonyl (C=O) groups excluding carboxylic acids is 1. The Hall–Kier alpha value is -3.55. The molecule has 0 spiro atoms. The molecule has 0 saturated heterocycles. The summed E-state index contributed by atoms with van der Waals surface area (Å²) in [6.45, 7) is 4.91. The van der Waals surface area contributed by atoms with Gasteiger partial charge in [-0.05, 0) is 49.2 Å². The van der Waals surface area contributed by atoms with Gasteiger partial charge in [0.05, 0.1) is 18.5 Å². The van der Waals surface area contributed by atoms with Crippen molar-refractivity contribution in [3.05, 3.63) is 100 Å². The average Bonchev–Trinajstić information content (AvgIpc) is 3.58. The van der Waals surface area contributed by atoms with Crippen LogP contribution < -0.4 is 5.32 Å². The number of imidazole rings is 1. The van der Waals surface area contributed by atoms with Gasteiger partial charge in [0.25, 0.3) is 0 Å². The number of hydrogen-bond donors (Lipinski definition) is 1. The van der Waals surface area contributed by atoms with Crippen LogP contribution in [-0.4, -0.2) is 26.9 Å². The Balaban J connectivity index is 1.36. The number of hydrogen-bond acceptors (Lipinski definition) is 4. The number of aromatic nitrogens is 2. The number of urea groups is 1. The number of halogens is 1. The molecular formula is C27H25ClN4O2S. The minimum Gasteiger partial charge on any atom is -0.467 e. The molecule has 1 N–H and O–H groups in total. The van der Waals surface area contributed by atoms with Crippen LogP contribution in [-0.2, 0) is 13.0 Å². The maximum atomic E-state index is 13.3. The van der Waals surface area contributed by atoms with E-state index in [4.69, 9.17) is 21.0 Å². The summed E-state index contributed by atoms with van der Waals surface area (Å²) < 4.78 is 7.64. The van der Waals surface area contributed by atoms with Gasteiger partial charge >= 0.3 is 6.03 Å². The largest absolute Gasteiger partial charge is 0.467 e. The SMILES string of the molecule is Cc1cccc(C)c1NC(=O)N(CCc1csc2nc(-c3ccc(Cl)cc3)cn12)Cc1ccco1. The van der Waals surface area contributed by atoms with Gasteiger partial charge in [0.15, 0.2) is 4.96 Å². The van der Waals surface area contributed by atoms with Crippen molar-refractivity contribution in [2.75, 3.05) is 11.9 Å². The fraction of sp³-hybridized carbons (Fsp3) is 0.185. The predicted molar refractivity (Wildman–Crippen MR) is 141 cm³/mol. The van der Waals surface area contributed by atoms with Crippen LogP contribution in [0.25, 0.3) is 16.2 Å². The highest BCUT2D eigenvalue weighted by molar-refractivity contribution is 7.15. The highest BCUT2D eigenvalue weighted by Gasteiger charge is 2.19. The quantitative estimate of drug-likeness (QED) is 0.255. The summed E-state index contributed by atoms with van der Waals surface area (Å²) in [5, 5.41) is 5.91. The molecule has 3 aromatic heterocycles. The number of furan rings is 1. The summed E-state index contributed by atoms with van der Waals surface area (Å²) >= 11 is 7.62. The van der Waals surface area contributed by atoms with E-state index in [0.717, 1.165) is 44.5 Å². The first kappa shape index (κ1) is 23.2. The van der Waals surface area contributed by atoms with E-state index in [2.05, 4.69) is 15.1 Å². The molecule has 0 unspecified atom stereocenters. The van der Waals surface area contributed by atoms with E-state index in [-0.39, 0.29) is 6.03 Å². The van der Waals surface area contributed by atoms with Gasteiger partial charge in [0.2, 0.25) is 0 Å². The Morgan fingerprint density at radius 2 is 1.89 bits per heavy atom. The van der Waals surface area contributed by atoms with E-state index in [1.807, 2.05) is 74.6 Å². The molecule has 0 saturated carbocycles. The number of fused-ring (bicyclic) bond motifs is 1. The van der Waals surface area contributed by atoms with Crippen molar-refractivity contribution >= 4 is 39.6 Å². The van der Waals surface area contributed by atoms with Crippen molar-refractivity contribution in [1.29, 1.82) is 0 Å². The molecule has 2 amide bonds. The highest BCUT2D eigenvalue weighted by atomic mass is 35.5. The zero-order chi connectivity index (χ0) is 24.4. The Morgan fingerprint density at radius 1 is 1.11 bits per heavy atom. The van der Waals surface area contributed by atoms with Crippen LogP contribution in [0.3, 0.4) is 0 Å². The monoisotopic (exact) mass is 504 g/mol. The van der Waals surface area contributed by atoms with Gasteiger partial charge in [-0.1, -0.05) is 41.9 Å². The predicted octanol–water partition coefficient (Wildman–Crippen LogP) is 7.20. The maximum Gasteiger partial charge on any atom is 0.322 e. The van der Waals surface area contributed by atoms with Gasteiger partial charge in [0.1, 0.15) is 5.76 Å². The summed E-state index contributed by atoms with van der Waals surface area (Å²) in [5.74, 6) is 0.741. The molecule has 0 aliphatic rings. The van der Waals surface area contributed by atoms with Crippen LogP contribution in [0.1, 0.15) is 22.6 Å². The zero-order valence-electron chi connectivity index (χ0n) is 19.5. The number of nitrogens with one attached hydrogen (secondary N) is 1. The normalized spacial score (nSPS) is 11.2. The number of thiazole rings is 1. The molecule has 0 bridgehead atoms. The van der Waals surface area contributed by atoms with Crippen LogP contribution in [0.5, 0.6) is 0 Å². The lowest BCUT2D eigenvalue weighted by Crippen LogP contribution is -2.36. The van der Waals surface area contributed by atoms with Crippen LogP contribution >= 0.6 is 22.9 Å². The minimum absolute atomic E-state index is 0.155. The summed E-state index contributed by atoms with van der Waals surface area (Å²) in [7, 11) is 0. The molecule has 178 valence electrons. The van der Waals surface area contributed by atoms with Gasteiger partial charge in [-0.3, -0.25) is 4.40 Å². The van der Waals surface area contributed by atoms with E-state index in [0.29, 0.717) is 24.5 Å². The number of aryl methyl sites for hydroxylation is 2. The molecule has 0 aliphatic heterocycles. The third kappa shape index (κ3) is 5.11. The first-order valence-electron chi connectivity index (χ1n) is 11.3. The fourth-order valence-electron chi connectivity index (χ4n) is 4.06. The lowest BCUT2D eigenvalue weighted by Gasteiger charge is -2.23. The first-order valence-corrected chi connectivity index (χ1v) is 12.6. The second kappa shape index (κ2) is 9.98. The van der Waals surface area contributed by atoms with Gasteiger partial charge in [-0.2, -0.15) is 0 Å². The number of para-hydroxylation sites is 1. The average molecular weight is 505 g/mol.